The van der Waals surface area contributed by atoms with Gasteiger partial charge in [0, 0.05) is 44.8 Å². The van der Waals surface area contributed by atoms with E-state index < -0.39 is 0 Å². The molecule has 0 spiro atoms. The Morgan fingerprint density at radius 2 is 1.92 bits per heavy atom. The van der Waals surface area contributed by atoms with Crippen LogP contribution in [0.15, 0.2) is 29.3 Å². The van der Waals surface area contributed by atoms with Crippen molar-refractivity contribution in [2.45, 2.75) is 26.4 Å². The van der Waals surface area contributed by atoms with Crippen LogP contribution < -0.4 is 15.4 Å². The number of aliphatic imine (C=N–C) groups is 1. The van der Waals surface area contributed by atoms with Crippen LogP contribution in [-0.4, -0.2) is 63.9 Å². The Hall–Kier alpha value is -1.06. The monoisotopic (exact) mass is 476 g/mol. The molecule has 0 bridgehead atoms. The van der Waals surface area contributed by atoms with Crippen LogP contribution in [0.4, 0.5) is 0 Å². The summed E-state index contributed by atoms with van der Waals surface area (Å²) in [6.45, 7) is 9.72. The third-order valence-electron chi connectivity index (χ3n) is 4.63. The first-order chi connectivity index (χ1) is 12.2. The van der Waals surface area contributed by atoms with Crippen molar-refractivity contribution in [3.63, 3.8) is 0 Å². The van der Waals surface area contributed by atoms with Crippen LogP contribution in [0.1, 0.15) is 19.4 Å². The van der Waals surface area contributed by atoms with Crippen molar-refractivity contribution in [2.75, 3.05) is 47.0 Å². The second kappa shape index (κ2) is 12.3. The fraction of sp³-hybridized carbons (Fsp3) is 0.632. The third-order valence-corrected chi connectivity index (χ3v) is 4.63. The number of nitrogens with one attached hydrogen (secondary N) is 2. The van der Waals surface area contributed by atoms with Gasteiger partial charge in [0.2, 0.25) is 0 Å². The zero-order valence-electron chi connectivity index (χ0n) is 16.3. The highest BCUT2D eigenvalue weighted by Crippen LogP contribution is 2.16. The van der Waals surface area contributed by atoms with E-state index in [9.17, 15) is 0 Å². The number of benzene rings is 1. The molecule has 1 fully saturated rings. The number of morpholine rings is 1. The molecule has 1 aliphatic heterocycles. The summed E-state index contributed by atoms with van der Waals surface area (Å²) in [5.41, 5.74) is 1.11. The average molecular weight is 476 g/mol. The van der Waals surface area contributed by atoms with E-state index in [0.29, 0.717) is 18.5 Å². The Bertz CT molecular complexity index is 548. The molecule has 26 heavy (non-hydrogen) atoms. The zero-order valence-corrected chi connectivity index (χ0v) is 18.7. The van der Waals surface area contributed by atoms with E-state index in [1.165, 1.54) is 0 Å². The summed E-state index contributed by atoms with van der Waals surface area (Å²) in [5, 5.41) is 6.84. The maximum absolute atomic E-state index is 5.48. The van der Waals surface area contributed by atoms with Gasteiger partial charge in [0.05, 0.1) is 20.3 Å². The highest BCUT2D eigenvalue weighted by atomic mass is 127. The van der Waals surface area contributed by atoms with E-state index in [-0.39, 0.29) is 24.0 Å². The SMILES string of the molecule is CN=C(NCc1ccccc1OC)NCC(C(C)C)N1CCOCC1.I. The van der Waals surface area contributed by atoms with Gasteiger partial charge in [-0.25, -0.2) is 0 Å². The molecule has 0 amide bonds. The summed E-state index contributed by atoms with van der Waals surface area (Å²) in [4.78, 5) is 6.85. The number of rotatable bonds is 7. The lowest BCUT2D eigenvalue weighted by atomic mass is 10.0. The molecule has 1 aliphatic rings. The molecule has 1 atom stereocenters. The Balaban J connectivity index is 0.00000338. The molecule has 0 aliphatic carbocycles. The van der Waals surface area contributed by atoms with Gasteiger partial charge in [-0.05, 0) is 12.0 Å². The molecule has 0 saturated carbocycles. The van der Waals surface area contributed by atoms with Crippen LogP contribution in [0.3, 0.4) is 0 Å². The average Bonchev–Trinajstić information content (AvgIpc) is 2.65. The molecule has 1 unspecified atom stereocenters. The third kappa shape index (κ3) is 6.92. The van der Waals surface area contributed by atoms with Gasteiger partial charge in [-0.2, -0.15) is 0 Å². The van der Waals surface area contributed by atoms with E-state index in [4.69, 9.17) is 9.47 Å². The Morgan fingerprint density at radius 1 is 1.23 bits per heavy atom. The van der Waals surface area contributed by atoms with Crippen molar-refractivity contribution in [1.29, 1.82) is 0 Å². The van der Waals surface area contributed by atoms with Gasteiger partial charge in [0.1, 0.15) is 5.75 Å². The molecule has 148 valence electrons. The van der Waals surface area contributed by atoms with Crippen LogP contribution in [0.5, 0.6) is 5.75 Å². The second-order valence-corrected chi connectivity index (χ2v) is 6.58. The summed E-state index contributed by atoms with van der Waals surface area (Å²) in [6.07, 6.45) is 0. The van der Waals surface area contributed by atoms with Crippen molar-refractivity contribution < 1.29 is 9.47 Å². The van der Waals surface area contributed by atoms with Crippen molar-refractivity contribution in [2.24, 2.45) is 10.9 Å². The van der Waals surface area contributed by atoms with Gasteiger partial charge in [0.15, 0.2) is 5.96 Å². The van der Waals surface area contributed by atoms with Crippen molar-refractivity contribution in [3.05, 3.63) is 29.8 Å². The van der Waals surface area contributed by atoms with Gasteiger partial charge < -0.3 is 20.1 Å². The first-order valence-electron chi connectivity index (χ1n) is 9.04. The lowest BCUT2D eigenvalue weighted by Crippen LogP contribution is -2.52. The maximum Gasteiger partial charge on any atom is 0.191 e. The molecule has 1 saturated heterocycles. The van der Waals surface area contributed by atoms with Crippen LogP contribution in [0.25, 0.3) is 0 Å². The molecule has 1 aromatic carbocycles. The summed E-state index contributed by atoms with van der Waals surface area (Å²) in [6, 6.07) is 8.49. The van der Waals surface area contributed by atoms with E-state index in [2.05, 4.69) is 40.4 Å². The van der Waals surface area contributed by atoms with Gasteiger partial charge in [0.25, 0.3) is 0 Å². The molecular weight excluding hydrogens is 443 g/mol. The quantitative estimate of drug-likeness (QED) is 0.360. The summed E-state index contributed by atoms with van der Waals surface area (Å²) in [5.74, 6) is 2.27. The van der Waals surface area contributed by atoms with Crippen LogP contribution in [0.2, 0.25) is 0 Å². The van der Waals surface area contributed by atoms with Gasteiger partial charge in [-0.3, -0.25) is 9.89 Å². The fourth-order valence-corrected chi connectivity index (χ4v) is 3.15. The predicted molar refractivity (Wildman–Crippen MR) is 118 cm³/mol. The topological polar surface area (TPSA) is 58.1 Å². The molecule has 6 nitrogen and oxygen atoms in total. The highest BCUT2D eigenvalue weighted by Gasteiger charge is 2.23. The van der Waals surface area contributed by atoms with Gasteiger partial charge in [-0.1, -0.05) is 32.0 Å². The number of ether oxygens (including phenoxy) is 2. The number of para-hydroxylation sites is 1. The van der Waals surface area contributed by atoms with Crippen molar-refractivity contribution in [3.8, 4) is 5.75 Å². The first-order valence-corrected chi connectivity index (χ1v) is 9.04. The van der Waals surface area contributed by atoms with Crippen molar-refractivity contribution >= 4 is 29.9 Å². The number of hydrogen-bond donors (Lipinski definition) is 2. The minimum atomic E-state index is 0. The van der Waals surface area contributed by atoms with Gasteiger partial charge in [-0.15, -0.1) is 24.0 Å². The standard InChI is InChI=1S/C19H32N4O2.HI/c1-15(2)17(23-9-11-25-12-10-23)14-22-19(20-3)21-13-16-7-5-6-8-18(16)24-4;/h5-8,15,17H,9-14H2,1-4H3,(H2,20,21,22);1H. The lowest BCUT2D eigenvalue weighted by molar-refractivity contribution is 0.00752. The van der Waals surface area contributed by atoms with Crippen molar-refractivity contribution in [1.82, 2.24) is 15.5 Å². The summed E-state index contributed by atoms with van der Waals surface area (Å²) in [7, 11) is 3.50. The summed E-state index contributed by atoms with van der Waals surface area (Å²) >= 11 is 0. The predicted octanol–water partition coefficient (Wildman–Crippen LogP) is 2.34. The Morgan fingerprint density at radius 3 is 2.54 bits per heavy atom. The summed E-state index contributed by atoms with van der Waals surface area (Å²) < 4.78 is 10.9. The number of guanidine groups is 1. The lowest BCUT2D eigenvalue weighted by Gasteiger charge is -2.37. The molecule has 0 aromatic heterocycles. The largest absolute Gasteiger partial charge is 0.496 e. The molecule has 1 aromatic rings. The van der Waals surface area contributed by atoms with E-state index in [0.717, 1.165) is 50.1 Å². The van der Waals surface area contributed by atoms with E-state index >= 15 is 0 Å². The van der Waals surface area contributed by atoms with E-state index in [1.807, 2.05) is 18.2 Å². The van der Waals surface area contributed by atoms with E-state index in [1.54, 1.807) is 14.2 Å². The number of halogens is 1. The first kappa shape index (κ1) is 23.0. The van der Waals surface area contributed by atoms with Crippen LogP contribution in [0, 0.1) is 5.92 Å². The number of nitrogens with zero attached hydrogens (tertiary/aromatic N) is 2. The zero-order chi connectivity index (χ0) is 18.1. The number of hydrogen-bond acceptors (Lipinski definition) is 4. The van der Waals surface area contributed by atoms with Gasteiger partial charge >= 0.3 is 0 Å². The Labute approximate surface area is 174 Å². The maximum atomic E-state index is 5.48. The second-order valence-electron chi connectivity index (χ2n) is 6.58. The smallest absolute Gasteiger partial charge is 0.191 e. The van der Waals surface area contributed by atoms with Crippen LogP contribution in [-0.2, 0) is 11.3 Å². The molecular formula is C19H33IN4O2. The number of methoxy groups -OCH3 is 1. The highest BCUT2D eigenvalue weighted by molar-refractivity contribution is 14.0. The normalized spacial score (nSPS) is 16.7. The minimum Gasteiger partial charge on any atom is -0.496 e. The molecule has 0 radical (unpaired) electrons. The minimum absolute atomic E-state index is 0. The van der Waals surface area contributed by atoms with Crippen LogP contribution >= 0.6 is 24.0 Å². The molecule has 1 heterocycles. The molecule has 2 N–H and O–H groups in total. The fourth-order valence-electron chi connectivity index (χ4n) is 3.15. The molecule has 7 heteroatoms. The molecule has 2 rings (SSSR count). The Kier molecular flexibility index (Phi) is 10.9.